The second-order valence-corrected chi connectivity index (χ2v) is 6.46. The largest absolute Gasteiger partial charge is 0.314 e. The van der Waals surface area contributed by atoms with Crippen molar-refractivity contribution in [2.75, 3.05) is 6.54 Å². The Morgan fingerprint density at radius 1 is 1.16 bits per heavy atom. The molecule has 1 aromatic carbocycles. The van der Waals surface area contributed by atoms with Crippen LogP contribution in [0, 0.1) is 17.7 Å². The average Bonchev–Trinajstić information content (AvgIpc) is 3.13. The van der Waals surface area contributed by atoms with E-state index in [2.05, 4.69) is 5.32 Å². The molecule has 3 heteroatoms. The summed E-state index contributed by atoms with van der Waals surface area (Å²) in [6, 6.07) is 6.13. The molecule has 0 radical (unpaired) electrons. The first-order chi connectivity index (χ1) is 9.24. The SMILES string of the molecule is Fc1c(Cl)cccc1CC1CCCC1CNC1CC1. The van der Waals surface area contributed by atoms with Gasteiger partial charge in [-0.25, -0.2) is 4.39 Å². The van der Waals surface area contributed by atoms with Crippen LogP contribution in [-0.4, -0.2) is 12.6 Å². The highest BCUT2D eigenvalue weighted by atomic mass is 35.5. The topological polar surface area (TPSA) is 12.0 Å². The fraction of sp³-hybridized carbons (Fsp3) is 0.625. The lowest BCUT2D eigenvalue weighted by atomic mass is 9.89. The molecule has 0 bridgehead atoms. The molecule has 0 saturated heterocycles. The van der Waals surface area contributed by atoms with E-state index in [1.54, 1.807) is 6.07 Å². The van der Waals surface area contributed by atoms with Gasteiger partial charge in [0.15, 0.2) is 0 Å². The lowest BCUT2D eigenvalue weighted by molar-refractivity contribution is 0.360. The molecule has 0 spiro atoms. The van der Waals surface area contributed by atoms with Crippen molar-refractivity contribution in [2.24, 2.45) is 11.8 Å². The molecule has 2 fully saturated rings. The van der Waals surface area contributed by atoms with Crippen molar-refractivity contribution in [1.82, 2.24) is 5.32 Å². The van der Waals surface area contributed by atoms with E-state index in [-0.39, 0.29) is 10.8 Å². The van der Waals surface area contributed by atoms with Crippen LogP contribution < -0.4 is 5.32 Å². The zero-order valence-corrected chi connectivity index (χ0v) is 11.9. The highest BCUT2D eigenvalue weighted by Gasteiger charge is 2.30. The quantitative estimate of drug-likeness (QED) is 0.853. The molecule has 0 aromatic heterocycles. The summed E-state index contributed by atoms with van der Waals surface area (Å²) in [5.41, 5.74) is 0.788. The summed E-state index contributed by atoms with van der Waals surface area (Å²) in [7, 11) is 0. The van der Waals surface area contributed by atoms with Crippen LogP contribution >= 0.6 is 11.6 Å². The van der Waals surface area contributed by atoms with Gasteiger partial charge < -0.3 is 5.32 Å². The van der Waals surface area contributed by atoms with Gasteiger partial charge in [0, 0.05) is 6.04 Å². The maximum absolute atomic E-state index is 14.0. The predicted octanol–water partition coefficient (Wildman–Crippen LogP) is 4.19. The molecular weight excluding hydrogens is 261 g/mol. The molecule has 19 heavy (non-hydrogen) atoms. The first-order valence-corrected chi connectivity index (χ1v) is 7.78. The number of nitrogens with one attached hydrogen (secondary N) is 1. The Morgan fingerprint density at radius 2 is 1.95 bits per heavy atom. The molecule has 2 aliphatic rings. The fourth-order valence-electron chi connectivity index (χ4n) is 3.25. The Bertz CT molecular complexity index is 444. The van der Waals surface area contributed by atoms with Crippen molar-refractivity contribution in [2.45, 2.75) is 44.6 Å². The van der Waals surface area contributed by atoms with Gasteiger partial charge in [-0.1, -0.05) is 30.2 Å². The lowest BCUT2D eigenvalue weighted by Crippen LogP contribution is -2.27. The predicted molar refractivity (Wildman–Crippen MR) is 77.0 cm³/mol. The van der Waals surface area contributed by atoms with Gasteiger partial charge in [-0.3, -0.25) is 0 Å². The molecule has 2 atom stereocenters. The first-order valence-electron chi connectivity index (χ1n) is 7.40. The molecule has 104 valence electrons. The number of hydrogen-bond donors (Lipinski definition) is 1. The third-order valence-corrected chi connectivity index (χ3v) is 4.87. The standard InChI is InChI=1S/C16H21ClFN/c17-15-6-2-4-12(16(15)18)9-11-3-1-5-13(11)10-19-14-7-8-14/h2,4,6,11,13-14,19H,1,3,5,7-10H2. The number of halogens is 2. The molecular formula is C16H21ClFN. The minimum absolute atomic E-state index is 0.218. The normalized spacial score (nSPS) is 26.8. The molecule has 3 rings (SSSR count). The van der Waals surface area contributed by atoms with Crippen molar-refractivity contribution in [3.8, 4) is 0 Å². The Hall–Kier alpha value is -0.600. The van der Waals surface area contributed by atoms with Crippen LogP contribution in [0.1, 0.15) is 37.7 Å². The zero-order valence-electron chi connectivity index (χ0n) is 11.2. The van der Waals surface area contributed by atoms with Crippen LogP contribution in [0.25, 0.3) is 0 Å². The van der Waals surface area contributed by atoms with Crippen LogP contribution in [0.5, 0.6) is 0 Å². The van der Waals surface area contributed by atoms with Gasteiger partial charge in [0.2, 0.25) is 0 Å². The summed E-state index contributed by atoms with van der Waals surface area (Å²) in [4.78, 5) is 0. The van der Waals surface area contributed by atoms with Crippen molar-refractivity contribution < 1.29 is 4.39 Å². The molecule has 0 amide bonds. The van der Waals surface area contributed by atoms with E-state index in [0.29, 0.717) is 11.8 Å². The minimum atomic E-state index is -0.218. The Kier molecular flexibility index (Phi) is 4.09. The van der Waals surface area contributed by atoms with Gasteiger partial charge in [0.25, 0.3) is 0 Å². The summed E-state index contributed by atoms with van der Waals surface area (Å²) in [6.07, 6.45) is 7.30. The summed E-state index contributed by atoms with van der Waals surface area (Å²) < 4.78 is 14.0. The van der Waals surface area contributed by atoms with Gasteiger partial charge in [-0.15, -0.1) is 0 Å². The molecule has 2 unspecified atom stereocenters. The molecule has 0 heterocycles. The van der Waals surface area contributed by atoms with Crippen molar-refractivity contribution in [3.05, 3.63) is 34.6 Å². The molecule has 1 N–H and O–H groups in total. The van der Waals surface area contributed by atoms with E-state index in [1.165, 1.54) is 32.1 Å². The van der Waals surface area contributed by atoms with Gasteiger partial charge in [-0.05, 0) is 62.1 Å². The van der Waals surface area contributed by atoms with Crippen LogP contribution in [-0.2, 0) is 6.42 Å². The lowest BCUT2D eigenvalue weighted by Gasteiger charge is -2.20. The summed E-state index contributed by atoms with van der Waals surface area (Å²) in [5.74, 6) is 1.10. The van der Waals surface area contributed by atoms with Crippen molar-refractivity contribution in [3.63, 3.8) is 0 Å². The minimum Gasteiger partial charge on any atom is -0.314 e. The Morgan fingerprint density at radius 3 is 2.74 bits per heavy atom. The molecule has 0 aliphatic heterocycles. The second kappa shape index (κ2) is 5.80. The highest BCUT2D eigenvalue weighted by Crippen LogP contribution is 2.35. The third kappa shape index (κ3) is 3.29. The van der Waals surface area contributed by atoms with E-state index in [1.807, 2.05) is 12.1 Å². The van der Waals surface area contributed by atoms with Crippen LogP contribution in [0.3, 0.4) is 0 Å². The van der Waals surface area contributed by atoms with Crippen LogP contribution in [0.2, 0.25) is 5.02 Å². The smallest absolute Gasteiger partial charge is 0.144 e. The maximum Gasteiger partial charge on any atom is 0.144 e. The molecule has 2 aliphatic carbocycles. The van der Waals surface area contributed by atoms with Crippen molar-refractivity contribution >= 4 is 11.6 Å². The maximum atomic E-state index is 14.0. The molecule has 1 aromatic rings. The Balaban J connectivity index is 1.62. The Labute approximate surface area is 119 Å². The monoisotopic (exact) mass is 281 g/mol. The van der Waals surface area contributed by atoms with Gasteiger partial charge in [0.1, 0.15) is 5.82 Å². The van der Waals surface area contributed by atoms with E-state index >= 15 is 0 Å². The van der Waals surface area contributed by atoms with Crippen molar-refractivity contribution in [1.29, 1.82) is 0 Å². The van der Waals surface area contributed by atoms with E-state index in [9.17, 15) is 4.39 Å². The average molecular weight is 282 g/mol. The summed E-state index contributed by atoms with van der Waals surface area (Å²) in [5, 5.41) is 3.87. The third-order valence-electron chi connectivity index (χ3n) is 4.58. The fourth-order valence-corrected chi connectivity index (χ4v) is 3.44. The zero-order chi connectivity index (χ0) is 13.2. The van der Waals surface area contributed by atoms with Crippen LogP contribution in [0.4, 0.5) is 4.39 Å². The molecule has 2 saturated carbocycles. The number of benzene rings is 1. The number of hydrogen-bond acceptors (Lipinski definition) is 1. The van der Waals surface area contributed by atoms with E-state index < -0.39 is 0 Å². The molecule has 1 nitrogen and oxygen atoms in total. The summed E-state index contributed by atoms with van der Waals surface area (Å²) >= 11 is 5.86. The van der Waals surface area contributed by atoms with Gasteiger partial charge in [0.05, 0.1) is 5.02 Å². The first kappa shape index (κ1) is 13.4. The highest BCUT2D eigenvalue weighted by molar-refractivity contribution is 6.30. The van der Waals surface area contributed by atoms with Gasteiger partial charge in [-0.2, -0.15) is 0 Å². The summed E-state index contributed by atoms with van der Waals surface area (Å²) in [6.45, 7) is 1.11. The van der Waals surface area contributed by atoms with Crippen LogP contribution in [0.15, 0.2) is 18.2 Å². The van der Waals surface area contributed by atoms with Gasteiger partial charge >= 0.3 is 0 Å². The second-order valence-electron chi connectivity index (χ2n) is 6.05. The van der Waals surface area contributed by atoms with E-state index in [0.717, 1.165) is 24.6 Å². The van der Waals surface area contributed by atoms with E-state index in [4.69, 9.17) is 11.6 Å². The number of rotatable bonds is 5.